The third-order valence-corrected chi connectivity index (χ3v) is 13.3. The number of aliphatic carboxylic acids is 1. The first-order chi connectivity index (χ1) is 35.1. The first kappa shape index (κ1) is 69.2. The standard InChI is InChI=1S/C63H115NO8/c1-6-8-10-12-14-16-18-19-20-21-22-23-24-25-26-27-28-29-30-31-32-33-34-35-36-37-38-39-40-41-42-43-44-46-48-50-52-54-61(66)72-59(58-71-63(62(67)68)69-56-55-64(3,4)5)57-70-60(65)53-51-49-47-45-17-15-13-11-9-7-2/h8,10,14,16,19-20,22-23,59,63H,6-7,9,11-13,15,17-18,21,24-58H2,1-5H3/p+1/b10-8-,16-14-,20-19-,23-22-. The molecular formula is C63H116NO8+. The molecule has 0 aliphatic rings. The second kappa shape index (κ2) is 54.5. The SMILES string of the molecule is CC/C=C\C/C=C\C/C=C\C/C=C\CCCCCCCCCCCCCCCCCCCCCCCCCCC(=O)OC(COC(=O)CCCCCCCCCCCC)COC(OCC[N+](C)(C)C)C(=O)O. The Morgan fingerprint density at radius 1 is 0.431 bits per heavy atom. The number of allylic oxidation sites excluding steroid dienone is 8. The van der Waals surface area contributed by atoms with E-state index in [0.29, 0.717) is 17.4 Å². The molecule has 1 N–H and O–H groups in total. The van der Waals surface area contributed by atoms with Gasteiger partial charge in [0.2, 0.25) is 0 Å². The van der Waals surface area contributed by atoms with Crippen LogP contribution in [0, 0.1) is 0 Å². The fraction of sp³-hybridized carbons (Fsp3) is 0.825. The van der Waals surface area contributed by atoms with Gasteiger partial charge in [-0.3, -0.25) is 9.59 Å². The molecule has 0 aromatic rings. The number of rotatable bonds is 56. The predicted octanol–water partition coefficient (Wildman–Crippen LogP) is 17.9. The monoisotopic (exact) mass is 1010 g/mol. The normalized spacial score (nSPS) is 13.1. The van der Waals surface area contributed by atoms with Crippen LogP contribution in [0.25, 0.3) is 0 Å². The molecule has 0 bridgehead atoms. The molecule has 2 atom stereocenters. The van der Waals surface area contributed by atoms with Crippen molar-refractivity contribution in [2.75, 3.05) is 47.5 Å². The van der Waals surface area contributed by atoms with Gasteiger partial charge >= 0.3 is 17.9 Å². The summed E-state index contributed by atoms with van der Waals surface area (Å²) < 4.78 is 22.8. The van der Waals surface area contributed by atoms with Crippen molar-refractivity contribution in [3.05, 3.63) is 48.6 Å². The highest BCUT2D eigenvalue weighted by molar-refractivity contribution is 5.71. The van der Waals surface area contributed by atoms with Crippen LogP contribution in [-0.4, -0.2) is 87.4 Å². The summed E-state index contributed by atoms with van der Waals surface area (Å²) in [6.45, 7) is 4.78. The molecule has 0 heterocycles. The molecule has 420 valence electrons. The van der Waals surface area contributed by atoms with E-state index in [9.17, 15) is 19.5 Å². The molecule has 0 saturated carbocycles. The van der Waals surface area contributed by atoms with Crippen molar-refractivity contribution in [2.45, 2.75) is 289 Å². The second-order valence-electron chi connectivity index (χ2n) is 21.6. The van der Waals surface area contributed by atoms with Crippen molar-refractivity contribution in [1.82, 2.24) is 0 Å². The van der Waals surface area contributed by atoms with Crippen molar-refractivity contribution >= 4 is 17.9 Å². The third-order valence-electron chi connectivity index (χ3n) is 13.3. The van der Waals surface area contributed by atoms with E-state index in [2.05, 4.69) is 62.5 Å². The number of quaternary nitrogens is 1. The zero-order chi connectivity index (χ0) is 52.7. The number of likely N-dealkylation sites (N-methyl/N-ethyl adjacent to an activating group) is 1. The molecule has 0 radical (unpaired) electrons. The Kier molecular flexibility index (Phi) is 52.4. The van der Waals surface area contributed by atoms with Crippen LogP contribution in [0.3, 0.4) is 0 Å². The van der Waals surface area contributed by atoms with Gasteiger partial charge in [-0.25, -0.2) is 4.79 Å². The Hall–Kier alpha value is -2.75. The van der Waals surface area contributed by atoms with Gasteiger partial charge in [-0.1, -0.05) is 262 Å². The summed E-state index contributed by atoms with van der Waals surface area (Å²) in [4.78, 5) is 37.2. The lowest BCUT2D eigenvalue weighted by Gasteiger charge is -2.25. The summed E-state index contributed by atoms with van der Waals surface area (Å²) in [6, 6.07) is 0. The molecule has 2 unspecified atom stereocenters. The number of carbonyl (C=O) groups excluding carboxylic acids is 2. The highest BCUT2D eigenvalue weighted by Gasteiger charge is 2.25. The van der Waals surface area contributed by atoms with Crippen molar-refractivity contribution in [1.29, 1.82) is 0 Å². The fourth-order valence-electron chi connectivity index (χ4n) is 8.71. The molecule has 0 aromatic heterocycles. The van der Waals surface area contributed by atoms with Gasteiger partial charge in [0.05, 0.1) is 34.4 Å². The zero-order valence-electron chi connectivity index (χ0n) is 47.8. The van der Waals surface area contributed by atoms with Crippen LogP contribution in [-0.2, 0) is 33.3 Å². The van der Waals surface area contributed by atoms with Crippen LogP contribution >= 0.6 is 0 Å². The Bertz CT molecular complexity index is 1320. The highest BCUT2D eigenvalue weighted by atomic mass is 16.7. The van der Waals surface area contributed by atoms with Crippen LogP contribution in [0.2, 0.25) is 0 Å². The first-order valence-corrected chi connectivity index (χ1v) is 30.3. The minimum Gasteiger partial charge on any atom is -0.477 e. The number of carboxylic acid groups (broad SMARTS) is 1. The third kappa shape index (κ3) is 55.0. The number of ether oxygens (including phenoxy) is 4. The second-order valence-corrected chi connectivity index (χ2v) is 21.6. The fourth-order valence-corrected chi connectivity index (χ4v) is 8.71. The Labute approximate surface area is 444 Å². The lowest BCUT2D eigenvalue weighted by molar-refractivity contribution is -0.870. The van der Waals surface area contributed by atoms with Crippen molar-refractivity contribution in [3.8, 4) is 0 Å². The van der Waals surface area contributed by atoms with Crippen LogP contribution in [0.5, 0.6) is 0 Å². The maximum Gasteiger partial charge on any atom is 0.361 e. The number of esters is 2. The van der Waals surface area contributed by atoms with Crippen LogP contribution in [0.1, 0.15) is 277 Å². The summed E-state index contributed by atoms with van der Waals surface area (Å²) >= 11 is 0. The number of unbranched alkanes of at least 4 members (excludes halogenated alkanes) is 33. The van der Waals surface area contributed by atoms with E-state index in [1.807, 2.05) is 21.1 Å². The van der Waals surface area contributed by atoms with Crippen molar-refractivity contribution < 1.29 is 42.9 Å². The average molecular weight is 1020 g/mol. The van der Waals surface area contributed by atoms with Gasteiger partial charge in [-0.05, 0) is 51.4 Å². The quantitative estimate of drug-likeness (QED) is 0.0211. The van der Waals surface area contributed by atoms with E-state index >= 15 is 0 Å². The van der Waals surface area contributed by atoms with Gasteiger partial charge in [-0.2, -0.15) is 0 Å². The smallest absolute Gasteiger partial charge is 0.361 e. The highest BCUT2D eigenvalue weighted by Crippen LogP contribution is 2.17. The Morgan fingerprint density at radius 2 is 0.792 bits per heavy atom. The Balaban J connectivity index is 3.92. The van der Waals surface area contributed by atoms with Gasteiger partial charge in [0.1, 0.15) is 13.2 Å². The van der Waals surface area contributed by atoms with E-state index in [1.54, 1.807) is 0 Å². The lowest BCUT2D eigenvalue weighted by atomic mass is 10.0. The van der Waals surface area contributed by atoms with Gasteiger partial charge in [0.15, 0.2) is 6.10 Å². The van der Waals surface area contributed by atoms with Crippen LogP contribution in [0.15, 0.2) is 48.6 Å². The van der Waals surface area contributed by atoms with Gasteiger partial charge < -0.3 is 28.5 Å². The van der Waals surface area contributed by atoms with E-state index in [0.717, 1.165) is 64.2 Å². The lowest BCUT2D eigenvalue weighted by Crippen LogP contribution is -2.40. The molecule has 0 aromatic carbocycles. The van der Waals surface area contributed by atoms with E-state index in [4.69, 9.17) is 18.9 Å². The number of nitrogens with zero attached hydrogens (tertiary/aromatic N) is 1. The molecule has 0 fully saturated rings. The maximum absolute atomic E-state index is 12.8. The molecule has 0 saturated heterocycles. The summed E-state index contributed by atoms with van der Waals surface area (Å²) in [5.74, 6) is -1.99. The number of carbonyl (C=O) groups is 3. The summed E-state index contributed by atoms with van der Waals surface area (Å²) in [6.07, 6.45) is 65.2. The maximum atomic E-state index is 12.8. The number of hydrogen-bond acceptors (Lipinski definition) is 7. The molecule has 0 rings (SSSR count). The molecule has 9 heteroatoms. The molecular weight excluding hydrogens is 899 g/mol. The topological polar surface area (TPSA) is 108 Å². The molecule has 9 nitrogen and oxygen atoms in total. The summed E-state index contributed by atoms with van der Waals surface area (Å²) in [5.41, 5.74) is 0. The summed E-state index contributed by atoms with van der Waals surface area (Å²) in [7, 11) is 5.97. The molecule has 0 spiro atoms. The summed E-state index contributed by atoms with van der Waals surface area (Å²) in [5, 5.41) is 9.67. The van der Waals surface area contributed by atoms with Crippen molar-refractivity contribution in [3.63, 3.8) is 0 Å². The Morgan fingerprint density at radius 3 is 1.18 bits per heavy atom. The predicted molar refractivity (Wildman–Crippen MR) is 304 cm³/mol. The van der Waals surface area contributed by atoms with Crippen LogP contribution in [0.4, 0.5) is 0 Å². The minimum absolute atomic E-state index is 0.177. The average Bonchev–Trinajstić information content (AvgIpc) is 3.35. The molecule has 0 amide bonds. The first-order valence-electron chi connectivity index (χ1n) is 30.3. The van der Waals surface area contributed by atoms with Gasteiger partial charge in [0.25, 0.3) is 6.29 Å². The largest absolute Gasteiger partial charge is 0.477 e. The van der Waals surface area contributed by atoms with E-state index in [-0.39, 0.29) is 38.2 Å². The van der Waals surface area contributed by atoms with Gasteiger partial charge in [0, 0.05) is 12.8 Å². The zero-order valence-corrected chi connectivity index (χ0v) is 47.8. The van der Waals surface area contributed by atoms with Crippen LogP contribution < -0.4 is 0 Å². The molecule has 0 aliphatic heterocycles. The number of hydrogen-bond donors (Lipinski definition) is 1. The molecule has 72 heavy (non-hydrogen) atoms. The van der Waals surface area contributed by atoms with Gasteiger partial charge in [-0.15, -0.1) is 0 Å². The molecule has 0 aliphatic carbocycles. The number of carboxylic acids is 1. The van der Waals surface area contributed by atoms with E-state index < -0.39 is 18.4 Å². The minimum atomic E-state index is -1.50. The van der Waals surface area contributed by atoms with Crippen molar-refractivity contribution in [2.24, 2.45) is 0 Å². The van der Waals surface area contributed by atoms with E-state index in [1.165, 1.54) is 186 Å².